The summed E-state index contributed by atoms with van der Waals surface area (Å²) in [6.45, 7) is 3.57. The Morgan fingerprint density at radius 2 is 2.18 bits per heavy atom. The number of nitrogens with zero attached hydrogens (tertiary/aromatic N) is 2. The first-order valence-electron chi connectivity index (χ1n) is 5.01. The fourth-order valence-corrected chi connectivity index (χ4v) is 1.84. The highest BCUT2D eigenvalue weighted by Gasteiger charge is 2.20. The zero-order valence-electron chi connectivity index (χ0n) is 9.51. The number of aliphatic hydroxyl groups excluding tert-OH is 1. The molecule has 1 aromatic heterocycles. The van der Waals surface area contributed by atoms with Crippen molar-refractivity contribution in [1.29, 1.82) is 0 Å². The summed E-state index contributed by atoms with van der Waals surface area (Å²) < 4.78 is 3.70. The summed E-state index contributed by atoms with van der Waals surface area (Å²) in [5.74, 6) is -1.21. The maximum atomic E-state index is 11.7. The zero-order chi connectivity index (χ0) is 13.0. The molecule has 0 aliphatic heterocycles. The van der Waals surface area contributed by atoms with Gasteiger partial charge >= 0.3 is 0 Å². The van der Waals surface area contributed by atoms with Gasteiger partial charge in [0.2, 0.25) is 5.91 Å². The third-order valence-corrected chi connectivity index (χ3v) is 2.79. The van der Waals surface area contributed by atoms with E-state index in [1.54, 1.807) is 0 Å². The van der Waals surface area contributed by atoms with Crippen molar-refractivity contribution in [2.45, 2.75) is 25.9 Å². The number of rotatable bonds is 5. The van der Waals surface area contributed by atoms with Gasteiger partial charge in [-0.25, -0.2) is 0 Å². The van der Waals surface area contributed by atoms with Gasteiger partial charge in [-0.1, -0.05) is 18.3 Å². The van der Waals surface area contributed by atoms with Crippen molar-refractivity contribution in [3.63, 3.8) is 0 Å². The first-order valence-corrected chi connectivity index (χ1v) is 5.78. The lowest BCUT2D eigenvalue weighted by atomic mass is 10.1. The monoisotopic (exact) mass is 258 g/mol. The van der Waals surface area contributed by atoms with E-state index in [1.807, 2.05) is 13.8 Å². The van der Waals surface area contributed by atoms with E-state index in [-0.39, 0.29) is 12.5 Å². The molecule has 0 aromatic carbocycles. The number of nitrogens with two attached hydrogens (primary N) is 1. The number of primary amides is 1. The minimum absolute atomic E-state index is 0.0792. The largest absolute Gasteiger partial charge is 0.381 e. The van der Waals surface area contributed by atoms with E-state index >= 15 is 0 Å². The summed E-state index contributed by atoms with van der Waals surface area (Å²) in [5.41, 5.74) is 5.45. The summed E-state index contributed by atoms with van der Waals surface area (Å²) in [4.78, 5) is 22.7. The molecule has 17 heavy (non-hydrogen) atoms. The molecule has 0 radical (unpaired) electrons. The van der Waals surface area contributed by atoms with Crippen LogP contribution in [0.3, 0.4) is 0 Å². The number of hydrogen-bond acceptors (Lipinski definition) is 6. The van der Waals surface area contributed by atoms with Crippen LogP contribution in [0.25, 0.3) is 0 Å². The molecule has 0 spiro atoms. The Labute approximate surface area is 102 Å². The highest BCUT2D eigenvalue weighted by atomic mass is 32.1. The number of aromatic nitrogens is 2. The smallest absolute Gasteiger partial charge is 0.265 e. The lowest BCUT2D eigenvalue weighted by Gasteiger charge is -2.08. The van der Waals surface area contributed by atoms with Crippen LogP contribution in [0.15, 0.2) is 0 Å². The average Bonchev–Trinajstić information content (AvgIpc) is 2.73. The van der Waals surface area contributed by atoms with Gasteiger partial charge in [-0.3, -0.25) is 9.59 Å². The number of amides is 2. The van der Waals surface area contributed by atoms with Crippen molar-refractivity contribution in [3.8, 4) is 0 Å². The molecule has 1 unspecified atom stereocenters. The Morgan fingerprint density at radius 3 is 2.71 bits per heavy atom. The maximum Gasteiger partial charge on any atom is 0.265 e. The van der Waals surface area contributed by atoms with Gasteiger partial charge < -0.3 is 16.2 Å². The third-order valence-electron chi connectivity index (χ3n) is 2.05. The van der Waals surface area contributed by atoms with Gasteiger partial charge in [0.25, 0.3) is 5.91 Å². The first kappa shape index (κ1) is 13.5. The van der Waals surface area contributed by atoms with Gasteiger partial charge in [0.05, 0.1) is 12.2 Å². The van der Waals surface area contributed by atoms with E-state index in [0.717, 1.165) is 11.5 Å². The van der Waals surface area contributed by atoms with Gasteiger partial charge in [-0.2, -0.15) is 0 Å². The number of carbonyl (C=O) groups excluding carboxylic acids is 2. The van der Waals surface area contributed by atoms with E-state index in [9.17, 15) is 9.59 Å². The minimum Gasteiger partial charge on any atom is -0.381 e. The standard InChI is InChI=1S/C9H14N4O3S/c1-4(2)6-7(17-13-12-6)9(16)11-3-5(14)8(10)15/h4-5,14H,3H2,1-2H3,(H2,10,15)(H,11,16). The lowest BCUT2D eigenvalue weighted by Crippen LogP contribution is -2.40. The molecule has 0 saturated carbocycles. The zero-order valence-corrected chi connectivity index (χ0v) is 10.3. The molecule has 4 N–H and O–H groups in total. The van der Waals surface area contributed by atoms with Crippen LogP contribution in [0.4, 0.5) is 0 Å². The predicted octanol–water partition coefficient (Wildman–Crippen LogP) is -0.762. The van der Waals surface area contributed by atoms with E-state index in [0.29, 0.717) is 10.6 Å². The second kappa shape index (κ2) is 5.69. The second-order valence-electron chi connectivity index (χ2n) is 3.77. The molecule has 1 atom stereocenters. The normalized spacial score (nSPS) is 12.5. The molecule has 0 fully saturated rings. The Hall–Kier alpha value is -1.54. The maximum absolute atomic E-state index is 11.7. The molecule has 1 aromatic rings. The molecule has 2 amide bonds. The minimum atomic E-state index is -1.39. The van der Waals surface area contributed by atoms with Crippen LogP contribution in [0.5, 0.6) is 0 Å². The Bertz CT molecular complexity index is 418. The number of hydrogen-bond donors (Lipinski definition) is 3. The van der Waals surface area contributed by atoms with Crippen molar-refractivity contribution in [1.82, 2.24) is 14.9 Å². The third kappa shape index (κ3) is 3.46. The molecule has 0 aliphatic carbocycles. The van der Waals surface area contributed by atoms with Gasteiger partial charge in [0.1, 0.15) is 11.0 Å². The van der Waals surface area contributed by atoms with E-state index in [1.165, 1.54) is 0 Å². The molecule has 1 rings (SSSR count). The Morgan fingerprint density at radius 1 is 1.53 bits per heavy atom. The number of nitrogens with one attached hydrogen (secondary N) is 1. The highest BCUT2D eigenvalue weighted by molar-refractivity contribution is 7.08. The highest BCUT2D eigenvalue weighted by Crippen LogP contribution is 2.19. The second-order valence-corrected chi connectivity index (χ2v) is 4.52. The first-order chi connectivity index (χ1) is 7.93. The molecule has 8 heteroatoms. The van der Waals surface area contributed by atoms with Crippen LogP contribution in [0.2, 0.25) is 0 Å². The van der Waals surface area contributed by atoms with Crippen molar-refractivity contribution in [3.05, 3.63) is 10.6 Å². The topological polar surface area (TPSA) is 118 Å². The molecule has 1 heterocycles. The fraction of sp³-hybridized carbons (Fsp3) is 0.556. The van der Waals surface area contributed by atoms with Crippen LogP contribution in [-0.4, -0.2) is 39.2 Å². The van der Waals surface area contributed by atoms with Gasteiger partial charge in [-0.05, 0) is 17.5 Å². The van der Waals surface area contributed by atoms with Crippen LogP contribution >= 0.6 is 11.5 Å². The Balaban J connectivity index is 2.64. The SMILES string of the molecule is CC(C)c1nnsc1C(=O)NCC(O)C(N)=O. The molecule has 94 valence electrons. The summed E-state index contributed by atoms with van der Waals surface area (Å²) in [7, 11) is 0. The summed E-state index contributed by atoms with van der Waals surface area (Å²) in [6, 6.07) is 0. The van der Waals surface area contributed by atoms with Gasteiger partial charge in [0.15, 0.2) is 0 Å². The van der Waals surface area contributed by atoms with Crippen molar-refractivity contribution in [2.24, 2.45) is 5.73 Å². The van der Waals surface area contributed by atoms with Crippen molar-refractivity contribution in [2.75, 3.05) is 6.54 Å². The number of carbonyl (C=O) groups is 2. The van der Waals surface area contributed by atoms with E-state index in [2.05, 4.69) is 14.9 Å². The average molecular weight is 258 g/mol. The van der Waals surface area contributed by atoms with Crippen LogP contribution in [0, 0.1) is 0 Å². The quantitative estimate of drug-likeness (QED) is 0.641. The molecule has 0 aliphatic rings. The van der Waals surface area contributed by atoms with Crippen LogP contribution in [0.1, 0.15) is 35.1 Å². The summed E-state index contributed by atoms with van der Waals surface area (Å²) >= 11 is 0.975. The summed E-state index contributed by atoms with van der Waals surface area (Å²) in [5, 5.41) is 15.4. The van der Waals surface area contributed by atoms with Crippen LogP contribution in [-0.2, 0) is 4.79 Å². The number of aliphatic hydroxyl groups is 1. The predicted molar refractivity (Wildman–Crippen MR) is 61.5 cm³/mol. The Kier molecular flexibility index (Phi) is 4.53. The summed E-state index contributed by atoms with van der Waals surface area (Å²) in [6.07, 6.45) is -1.39. The molecule has 0 saturated heterocycles. The molecule has 0 bridgehead atoms. The molecule has 7 nitrogen and oxygen atoms in total. The van der Waals surface area contributed by atoms with E-state index < -0.39 is 17.9 Å². The van der Waals surface area contributed by atoms with Gasteiger partial charge in [0, 0.05) is 0 Å². The van der Waals surface area contributed by atoms with Crippen molar-refractivity contribution < 1.29 is 14.7 Å². The molecular formula is C9H14N4O3S. The van der Waals surface area contributed by atoms with Gasteiger partial charge in [-0.15, -0.1) is 5.10 Å². The van der Waals surface area contributed by atoms with Crippen LogP contribution < -0.4 is 11.1 Å². The van der Waals surface area contributed by atoms with Crippen molar-refractivity contribution >= 4 is 23.3 Å². The molecular weight excluding hydrogens is 244 g/mol. The van der Waals surface area contributed by atoms with E-state index in [4.69, 9.17) is 10.8 Å². The fourth-order valence-electron chi connectivity index (χ4n) is 1.10. The lowest BCUT2D eigenvalue weighted by molar-refractivity contribution is -0.125.